The summed E-state index contributed by atoms with van der Waals surface area (Å²) in [5.41, 5.74) is 0. The molecular weight excluding hydrogens is 175 g/mol. The molecule has 0 bridgehead atoms. The standard InChI is InChI=1S/C2H6O2.Sn.4H/c3-1-2-4;;;;;/h3-4H,1-2H2;;;;;. The van der Waals surface area contributed by atoms with Crippen molar-refractivity contribution in [3.63, 3.8) is 0 Å². The van der Waals surface area contributed by atoms with Crippen LogP contribution in [0.4, 0.5) is 0 Å². The van der Waals surface area contributed by atoms with E-state index in [9.17, 15) is 0 Å². The van der Waals surface area contributed by atoms with E-state index in [0.29, 0.717) is 0 Å². The molecular formula is C2H10O2Sn. The zero-order valence-electron chi connectivity index (χ0n) is 2.31. The van der Waals surface area contributed by atoms with Gasteiger partial charge in [0.05, 0.1) is 13.2 Å². The van der Waals surface area contributed by atoms with Crippen LogP contribution in [0.1, 0.15) is 0 Å². The topological polar surface area (TPSA) is 40.5 Å². The van der Waals surface area contributed by atoms with Gasteiger partial charge in [-0.2, -0.15) is 0 Å². The molecule has 0 aromatic heterocycles. The molecule has 0 atom stereocenters. The number of hydrogen-bond donors (Lipinski definition) is 2. The molecule has 0 aromatic carbocycles. The van der Waals surface area contributed by atoms with Gasteiger partial charge < -0.3 is 10.2 Å². The molecule has 0 saturated carbocycles. The number of aliphatic hydroxyl groups is 2. The zero-order valence-corrected chi connectivity index (χ0v) is 2.31. The summed E-state index contributed by atoms with van der Waals surface area (Å²) in [5.74, 6) is 0. The molecule has 0 unspecified atom stereocenters. The average molecular weight is 185 g/mol. The molecule has 0 amide bonds. The quantitative estimate of drug-likeness (QED) is 0.444. The van der Waals surface area contributed by atoms with Gasteiger partial charge in [0.15, 0.2) is 0 Å². The van der Waals surface area contributed by atoms with Crippen molar-refractivity contribution in [1.82, 2.24) is 0 Å². The maximum absolute atomic E-state index is 7.62. The molecule has 0 saturated heterocycles. The van der Waals surface area contributed by atoms with Crippen LogP contribution in [0.3, 0.4) is 0 Å². The molecule has 0 heterocycles. The van der Waals surface area contributed by atoms with Gasteiger partial charge in [0.1, 0.15) is 0 Å². The van der Waals surface area contributed by atoms with E-state index in [1.54, 1.807) is 0 Å². The minimum absolute atomic E-state index is 0. The van der Waals surface area contributed by atoms with Crippen molar-refractivity contribution in [1.29, 1.82) is 0 Å². The van der Waals surface area contributed by atoms with Gasteiger partial charge in [0, 0.05) is 0 Å². The molecule has 0 rings (SSSR count). The van der Waals surface area contributed by atoms with Gasteiger partial charge in [-0.05, 0) is 0 Å². The summed E-state index contributed by atoms with van der Waals surface area (Å²) in [6, 6.07) is 0. The minimum atomic E-state index is -0.125. The van der Waals surface area contributed by atoms with E-state index in [-0.39, 0.29) is 37.1 Å². The van der Waals surface area contributed by atoms with Crippen molar-refractivity contribution in [3.8, 4) is 0 Å². The third-order valence-corrected chi connectivity index (χ3v) is 0.1000. The van der Waals surface area contributed by atoms with Crippen LogP contribution in [0.5, 0.6) is 0 Å². The summed E-state index contributed by atoms with van der Waals surface area (Å²) in [4.78, 5) is 0. The Morgan fingerprint density at radius 3 is 1.20 bits per heavy atom. The third-order valence-electron chi connectivity index (χ3n) is 0.1000. The van der Waals surface area contributed by atoms with Crippen molar-refractivity contribution in [2.45, 2.75) is 0 Å². The zero-order chi connectivity index (χ0) is 3.41. The molecule has 34 valence electrons. The van der Waals surface area contributed by atoms with E-state index in [1.165, 1.54) is 0 Å². The summed E-state index contributed by atoms with van der Waals surface area (Å²) in [6.07, 6.45) is 0. The summed E-state index contributed by atoms with van der Waals surface area (Å²) in [6.45, 7) is -0.250. The van der Waals surface area contributed by atoms with E-state index in [2.05, 4.69) is 0 Å². The predicted molar refractivity (Wildman–Crippen MR) is 25.5 cm³/mol. The average Bonchev–Trinajstić information content (AvgIpc) is 1.37. The SMILES string of the molecule is OCCO.[SnH4]. The Labute approximate surface area is 47.8 Å². The van der Waals surface area contributed by atoms with Crippen molar-refractivity contribution >= 4 is 23.9 Å². The second-order valence-corrected chi connectivity index (χ2v) is 0.447. The summed E-state index contributed by atoms with van der Waals surface area (Å²) >= 11 is 0. The van der Waals surface area contributed by atoms with Gasteiger partial charge in [0.25, 0.3) is 0 Å². The van der Waals surface area contributed by atoms with E-state index in [0.717, 1.165) is 0 Å². The van der Waals surface area contributed by atoms with Crippen LogP contribution in [-0.2, 0) is 0 Å². The maximum atomic E-state index is 7.62. The van der Waals surface area contributed by atoms with Crippen molar-refractivity contribution < 1.29 is 10.2 Å². The van der Waals surface area contributed by atoms with E-state index >= 15 is 0 Å². The molecule has 0 aliphatic carbocycles. The molecule has 5 heavy (non-hydrogen) atoms. The Morgan fingerprint density at radius 1 is 1.00 bits per heavy atom. The van der Waals surface area contributed by atoms with Gasteiger partial charge in [-0.3, -0.25) is 0 Å². The van der Waals surface area contributed by atoms with Crippen LogP contribution < -0.4 is 0 Å². The monoisotopic (exact) mass is 186 g/mol. The number of hydrogen-bond acceptors (Lipinski definition) is 2. The summed E-state index contributed by atoms with van der Waals surface area (Å²) < 4.78 is 0. The Hall–Kier alpha value is 0.719. The van der Waals surface area contributed by atoms with Gasteiger partial charge in [-0.1, -0.05) is 0 Å². The van der Waals surface area contributed by atoms with Gasteiger partial charge in [-0.15, -0.1) is 0 Å². The normalized spacial score (nSPS) is 6.00. The Bertz CT molecular complexity index is 9.61. The Balaban J connectivity index is 0. The van der Waals surface area contributed by atoms with Crippen LogP contribution >= 0.6 is 0 Å². The molecule has 2 nitrogen and oxygen atoms in total. The first-order valence-corrected chi connectivity index (χ1v) is 1.13. The third kappa shape index (κ3) is 11.8. The fourth-order valence-electron chi connectivity index (χ4n) is 0. The Kier molecular flexibility index (Phi) is 16.3. The van der Waals surface area contributed by atoms with Crippen LogP contribution in [0.15, 0.2) is 0 Å². The molecule has 2 N–H and O–H groups in total. The molecule has 0 radical (unpaired) electrons. The van der Waals surface area contributed by atoms with E-state index < -0.39 is 0 Å². The van der Waals surface area contributed by atoms with Gasteiger partial charge >= 0.3 is 23.9 Å². The first kappa shape index (κ1) is 9.21. The molecule has 0 aliphatic heterocycles. The van der Waals surface area contributed by atoms with Crippen LogP contribution in [0.2, 0.25) is 0 Å². The second-order valence-electron chi connectivity index (χ2n) is 0.447. The predicted octanol–water partition coefficient (Wildman–Crippen LogP) is -2.48. The molecule has 0 aromatic rings. The first-order chi connectivity index (χ1) is 1.91. The number of rotatable bonds is 1. The molecule has 3 heteroatoms. The Morgan fingerprint density at radius 2 is 1.20 bits per heavy atom. The van der Waals surface area contributed by atoms with E-state index in [4.69, 9.17) is 10.2 Å². The second kappa shape index (κ2) is 8.83. The van der Waals surface area contributed by atoms with Crippen molar-refractivity contribution in [2.24, 2.45) is 0 Å². The number of aliphatic hydroxyl groups excluding tert-OH is 2. The van der Waals surface area contributed by atoms with Crippen LogP contribution in [0, 0.1) is 0 Å². The van der Waals surface area contributed by atoms with Gasteiger partial charge in [-0.25, -0.2) is 0 Å². The summed E-state index contributed by atoms with van der Waals surface area (Å²) in [5, 5.41) is 15.2. The summed E-state index contributed by atoms with van der Waals surface area (Å²) in [7, 11) is 0. The van der Waals surface area contributed by atoms with Crippen molar-refractivity contribution in [3.05, 3.63) is 0 Å². The van der Waals surface area contributed by atoms with E-state index in [1.807, 2.05) is 0 Å². The first-order valence-electron chi connectivity index (χ1n) is 1.13. The van der Waals surface area contributed by atoms with Crippen LogP contribution in [-0.4, -0.2) is 47.3 Å². The fourth-order valence-corrected chi connectivity index (χ4v) is 0. The van der Waals surface area contributed by atoms with Crippen molar-refractivity contribution in [2.75, 3.05) is 13.2 Å². The molecule has 0 fully saturated rings. The molecule has 0 spiro atoms. The van der Waals surface area contributed by atoms with Crippen LogP contribution in [0.25, 0.3) is 0 Å². The fraction of sp³-hybridized carbons (Fsp3) is 1.00. The molecule has 0 aliphatic rings. The van der Waals surface area contributed by atoms with Gasteiger partial charge in [0.2, 0.25) is 0 Å².